The number of hydrogen-bond donors (Lipinski definition) is 1. The van der Waals surface area contributed by atoms with E-state index in [0.717, 1.165) is 19.4 Å². The van der Waals surface area contributed by atoms with E-state index in [1.54, 1.807) is 0 Å². The second kappa shape index (κ2) is 5.49. The predicted molar refractivity (Wildman–Crippen MR) is 46.9 cm³/mol. The standard InChI is InChI=1S/C9H18FNO/c10-5-7-11-6-3-1-2-4-9(11)8-12/h9,12H,1-8H2. The Morgan fingerprint density at radius 3 is 2.83 bits per heavy atom. The lowest BCUT2D eigenvalue weighted by Crippen LogP contribution is -2.38. The fourth-order valence-electron chi connectivity index (χ4n) is 1.85. The van der Waals surface area contributed by atoms with Crippen molar-refractivity contribution in [2.75, 3.05) is 26.4 Å². The van der Waals surface area contributed by atoms with E-state index in [-0.39, 0.29) is 19.3 Å². The van der Waals surface area contributed by atoms with Crippen LogP contribution in [-0.4, -0.2) is 42.4 Å². The number of aliphatic hydroxyl groups excluding tert-OH is 1. The number of aliphatic hydroxyl groups is 1. The van der Waals surface area contributed by atoms with Gasteiger partial charge in [0, 0.05) is 12.6 Å². The molecule has 1 heterocycles. The van der Waals surface area contributed by atoms with E-state index in [9.17, 15) is 4.39 Å². The lowest BCUT2D eigenvalue weighted by molar-refractivity contribution is 0.118. The lowest BCUT2D eigenvalue weighted by atomic mass is 10.1. The van der Waals surface area contributed by atoms with Gasteiger partial charge >= 0.3 is 0 Å². The van der Waals surface area contributed by atoms with Gasteiger partial charge in [0.15, 0.2) is 0 Å². The molecular weight excluding hydrogens is 157 g/mol. The molecule has 0 saturated carbocycles. The molecule has 12 heavy (non-hydrogen) atoms. The Morgan fingerprint density at radius 1 is 1.33 bits per heavy atom. The molecule has 0 aliphatic carbocycles. The molecule has 1 rings (SSSR count). The fourth-order valence-corrected chi connectivity index (χ4v) is 1.85. The zero-order valence-electron chi connectivity index (χ0n) is 7.51. The molecule has 1 aliphatic heterocycles. The minimum Gasteiger partial charge on any atom is -0.395 e. The molecule has 0 aromatic carbocycles. The molecule has 1 aliphatic rings. The molecule has 0 radical (unpaired) electrons. The van der Waals surface area contributed by atoms with Gasteiger partial charge in [0.1, 0.15) is 6.67 Å². The van der Waals surface area contributed by atoms with Crippen LogP contribution in [0.3, 0.4) is 0 Å². The zero-order chi connectivity index (χ0) is 8.81. The highest BCUT2D eigenvalue weighted by atomic mass is 19.1. The summed E-state index contributed by atoms with van der Waals surface area (Å²) >= 11 is 0. The molecule has 1 saturated heterocycles. The maximum absolute atomic E-state index is 12.1. The Balaban J connectivity index is 2.39. The number of alkyl halides is 1. The SMILES string of the molecule is OCC1CCCCCN1CCF. The number of rotatable bonds is 3. The van der Waals surface area contributed by atoms with Gasteiger partial charge in [-0.2, -0.15) is 0 Å². The van der Waals surface area contributed by atoms with Crippen molar-refractivity contribution in [3.8, 4) is 0 Å². The molecule has 3 heteroatoms. The third kappa shape index (κ3) is 2.72. The molecule has 0 spiro atoms. The maximum atomic E-state index is 12.1. The molecule has 1 fully saturated rings. The van der Waals surface area contributed by atoms with Gasteiger partial charge in [-0.05, 0) is 19.4 Å². The minimum atomic E-state index is -0.295. The number of halogens is 1. The fraction of sp³-hybridized carbons (Fsp3) is 1.00. The Labute approximate surface area is 73.4 Å². The molecule has 0 amide bonds. The molecule has 72 valence electrons. The van der Waals surface area contributed by atoms with Gasteiger partial charge in [0.05, 0.1) is 6.61 Å². The van der Waals surface area contributed by atoms with Crippen LogP contribution in [-0.2, 0) is 0 Å². The number of nitrogens with zero attached hydrogens (tertiary/aromatic N) is 1. The lowest BCUT2D eigenvalue weighted by Gasteiger charge is -2.26. The third-order valence-electron chi connectivity index (χ3n) is 2.58. The summed E-state index contributed by atoms with van der Waals surface area (Å²) in [6.45, 7) is 1.33. The van der Waals surface area contributed by atoms with Gasteiger partial charge < -0.3 is 5.11 Å². The molecule has 0 aromatic rings. The zero-order valence-corrected chi connectivity index (χ0v) is 7.51. The van der Waals surface area contributed by atoms with Crippen LogP contribution in [0.1, 0.15) is 25.7 Å². The van der Waals surface area contributed by atoms with Gasteiger partial charge in [0.2, 0.25) is 0 Å². The second-order valence-electron chi connectivity index (χ2n) is 3.41. The van der Waals surface area contributed by atoms with E-state index in [1.165, 1.54) is 12.8 Å². The van der Waals surface area contributed by atoms with Gasteiger partial charge in [-0.25, -0.2) is 4.39 Å². The maximum Gasteiger partial charge on any atom is 0.102 e. The summed E-state index contributed by atoms with van der Waals surface area (Å²) in [7, 11) is 0. The van der Waals surface area contributed by atoms with Gasteiger partial charge in [0.25, 0.3) is 0 Å². The first-order valence-electron chi connectivity index (χ1n) is 4.79. The summed E-state index contributed by atoms with van der Waals surface area (Å²) in [6, 6.07) is 0.211. The Hall–Kier alpha value is -0.150. The van der Waals surface area contributed by atoms with Crippen molar-refractivity contribution < 1.29 is 9.50 Å². The molecule has 2 nitrogen and oxygen atoms in total. The van der Waals surface area contributed by atoms with Crippen LogP contribution in [0.25, 0.3) is 0 Å². The smallest absolute Gasteiger partial charge is 0.102 e. The monoisotopic (exact) mass is 175 g/mol. The van der Waals surface area contributed by atoms with Crippen molar-refractivity contribution in [1.82, 2.24) is 4.90 Å². The third-order valence-corrected chi connectivity index (χ3v) is 2.58. The van der Waals surface area contributed by atoms with Crippen LogP contribution in [0.2, 0.25) is 0 Å². The second-order valence-corrected chi connectivity index (χ2v) is 3.41. The highest BCUT2D eigenvalue weighted by molar-refractivity contribution is 4.74. The highest BCUT2D eigenvalue weighted by Gasteiger charge is 2.19. The van der Waals surface area contributed by atoms with Crippen LogP contribution >= 0.6 is 0 Å². The first-order valence-corrected chi connectivity index (χ1v) is 4.79. The van der Waals surface area contributed by atoms with E-state index < -0.39 is 0 Å². The van der Waals surface area contributed by atoms with Crippen molar-refractivity contribution in [3.05, 3.63) is 0 Å². The summed E-state index contributed by atoms with van der Waals surface area (Å²) in [6.07, 6.45) is 4.57. The first kappa shape index (κ1) is 9.93. The van der Waals surface area contributed by atoms with Crippen molar-refractivity contribution >= 4 is 0 Å². The van der Waals surface area contributed by atoms with Crippen molar-refractivity contribution in [3.63, 3.8) is 0 Å². The van der Waals surface area contributed by atoms with Crippen molar-refractivity contribution in [1.29, 1.82) is 0 Å². The van der Waals surface area contributed by atoms with Gasteiger partial charge in [-0.15, -0.1) is 0 Å². The van der Waals surface area contributed by atoms with Crippen LogP contribution in [0.4, 0.5) is 4.39 Å². The van der Waals surface area contributed by atoms with E-state index in [4.69, 9.17) is 5.11 Å². The van der Waals surface area contributed by atoms with E-state index in [2.05, 4.69) is 4.90 Å². The van der Waals surface area contributed by atoms with Crippen LogP contribution < -0.4 is 0 Å². The van der Waals surface area contributed by atoms with E-state index >= 15 is 0 Å². The Morgan fingerprint density at radius 2 is 2.17 bits per heavy atom. The van der Waals surface area contributed by atoms with Gasteiger partial charge in [-0.1, -0.05) is 12.8 Å². The summed E-state index contributed by atoms with van der Waals surface area (Å²) in [4.78, 5) is 2.08. The minimum absolute atomic E-state index is 0.181. The summed E-state index contributed by atoms with van der Waals surface area (Å²) < 4.78 is 12.1. The molecule has 1 unspecified atom stereocenters. The molecule has 1 atom stereocenters. The molecular formula is C9H18FNO. The number of likely N-dealkylation sites (tertiary alicyclic amines) is 1. The molecule has 0 aromatic heterocycles. The number of hydrogen-bond acceptors (Lipinski definition) is 2. The average molecular weight is 175 g/mol. The summed E-state index contributed by atoms with van der Waals surface area (Å²) in [5.74, 6) is 0. The van der Waals surface area contributed by atoms with Gasteiger partial charge in [-0.3, -0.25) is 4.90 Å². The highest BCUT2D eigenvalue weighted by Crippen LogP contribution is 2.15. The van der Waals surface area contributed by atoms with Crippen molar-refractivity contribution in [2.24, 2.45) is 0 Å². The first-order chi connectivity index (χ1) is 5.88. The molecule has 0 bridgehead atoms. The average Bonchev–Trinajstić information content (AvgIpc) is 2.30. The Kier molecular flexibility index (Phi) is 4.54. The topological polar surface area (TPSA) is 23.5 Å². The molecule has 1 N–H and O–H groups in total. The Bertz CT molecular complexity index is 121. The van der Waals surface area contributed by atoms with Crippen molar-refractivity contribution in [2.45, 2.75) is 31.7 Å². The predicted octanol–water partition coefficient (Wildman–Crippen LogP) is 1.19. The summed E-state index contributed by atoms with van der Waals surface area (Å²) in [5.41, 5.74) is 0. The van der Waals surface area contributed by atoms with E-state index in [0.29, 0.717) is 6.54 Å². The van der Waals surface area contributed by atoms with Crippen LogP contribution in [0.5, 0.6) is 0 Å². The normalized spacial score (nSPS) is 27.0. The quantitative estimate of drug-likeness (QED) is 0.696. The van der Waals surface area contributed by atoms with E-state index in [1.807, 2.05) is 0 Å². The largest absolute Gasteiger partial charge is 0.395 e. The summed E-state index contributed by atoms with van der Waals surface area (Å²) in [5, 5.41) is 9.05. The van der Waals surface area contributed by atoms with Crippen LogP contribution in [0.15, 0.2) is 0 Å². The van der Waals surface area contributed by atoms with Crippen LogP contribution in [0, 0.1) is 0 Å².